The van der Waals surface area contributed by atoms with Crippen LogP contribution in [0.2, 0.25) is 0 Å². The van der Waals surface area contributed by atoms with Gasteiger partial charge in [-0.05, 0) is 18.2 Å². The van der Waals surface area contributed by atoms with Crippen molar-refractivity contribution in [2.75, 3.05) is 24.3 Å². The van der Waals surface area contributed by atoms with E-state index in [0.717, 1.165) is 5.69 Å². The fourth-order valence-corrected chi connectivity index (χ4v) is 1.16. The Labute approximate surface area is 93.8 Å². The molecule has 2 N–H and O–H groups in total. The molecular formula is C11H14N2O3. The Morgan fingerprint density at radius 1 is 1.31 bits per heavy atom. The van der Waals surface area contributed by atoms with E-state index in [9.17, 15) is 9.59 Å². The molecule has 0 spiro atoms. The van der Waals surface area contributed by atoms with Crippen molar-refractivity contribution in [3.63, 3.8) is 0 Å². The molecule has 0 atom stereocenters. The van der Waals surface area contributed by atoms with Crippen molar-refractivity contribution >= 4 is 23.3 Å². The summed E-state index contributed by atoms with van der Waals surface area (Å²) in [5.41, 5.74) is 1.43. The predicted molar refractivity (Wildman–Crippen MR) is 61.3 cm³/mol. The van der Waals surface area contributed by atoms with Gasteiger partial charge in [0.25, 0.3) is 0 Å². The van der Waals surface area contributed by atoms with Gasteiger partial charge in [-0.2, -0.15) is 0 Å². The van der Waals surface area contributed by atoms with Crippen molar-refractivity contribution in [1.29, 1.82) is 0 Å². The average Bonchev–Trinajstić information content (AvgIpc) is 2.25. The molecule has 5 nitrogen and oxygen atoms in total. The fourth-order valence-electron chi connectivity index (χ4n) is 1.16. The highest BCUT2D eigenvalue weighted by Crippen LogP contribution is 2.14. The lowest BCUT2D eigenvalue weighted by Crippen LogP contribution is -2.15. The number of ether oxygens (including phenoxy) is 1. The zero-order chi connectivity index (χ0) is 12.0. The molecule has 0 aromatic heterocycles. The Balaban J connectivity index is 2.60. The monoisotopic (exact) mass is 222 g/mol. The standard InChI is InChI=1S/C11H14N2O3/c1-8(14)13-10-5-3-4-9(6-10)12-7-11(15)16-2/h3-6,12H,7H2,1-2H3,(H,13,14). The molecule has 0 aliphatic rings. The summed E-state index contributed by atoms with van der Waals surface area (Å²) in [4.78, 5) is 21.7. The number of nitrogens with one attached hydrogen (secondary N) is 2. The highest BCUT2D eigenvalue weighted by Gasteiger charge is 2.01. The number of anilines is 2. The van der Waals surface area contributed by atoms with Crippen LogP contribution in [0.1, 0.15) is 6.92 Å². The van der Waals surface area contributed by atoms with Gasteiger partial charge < -0.3 is 15.4 Å². The smallest absolute Gasteiger partial charge is 0.325 e. The number of carbonyl (C=O) groups excluding carboxylic acids is 2. The van der Waals surface area contributed by atoms with Gasteiger partial charge >= 0.3 is 5.97 Å². The van der Waals surface area contributed by atoms with Crippen LogP contribution in [-0.4, -0.2) is 25.5 Å². The first-order valence-corrected chi connectivity index (χ1v) is 4.80. The fraction of sp³-hybridized carbons (Fsp3) is 0.273. The minimum atomic E-state index is -0.343. The third kappa shape index (κ3) is 4.00. The highest BCUT2D eigenvalue weighted by atomic mass is 16.5. The lowest BCUT2D eigenvalue weighted by atomic mass is 10.2. The van der Waals surface area contributed by atoms with E-state index in [0.29, 0.717) is 5.69 Å². The number of hydrogen-bond donors (Lipinski definition) is 2. The van der Waals surface area contributed by atoms with E-state index in [2.05, 4.69) is 15.4 Å². The second-order valence-corrected chi connectivity index (χ2v) is 3.19. The molecule has 5 heteroatoms. The second kappa shape index (κ2) is 5.75. The largest absolute Gasteiger partial charge is 0.468 e. The summed E-state index contributed by atoms with van der Waals surface area (Å²) < 4.78 is 4.50. The number of esters is 1. The van der Waals surface area contributed by atoms with Gasteiger partial charge in [0, 0.05) is 18.3 Å². The number of amides is 1. The van der Waals surface area contributed by atoms with E-state index in [4.69, 9.17) is 0 Å². The average molecular weight is 222 g/mol. The summed E-state index contributed by atoms with van der Waals surface area (Å²) in [6, 6.07) is 7.09. The Hall–Kier alpha value is -2.04. The normalized spacial score (nSPS) is 9.38. The van der Waals surface area contributed by atoms with Crippen molar-refractivity contribution < 1.29 is 14.3 Å². The predicted octanol–water partition coefficient (Wildman–Crippen LogP) is 1.23. The zero-order valence-electron chi connectivity index (χ0n) is 9.24. The van der Waals surface area contributed by atoms with Crippen molar-refractivity contribution in [2.24, 2.45) is 0 Å². The van der Waals surface area contributed by atoms with Gasteiger partial charge in [0.2, 0.25) is 5.91 Å². The van der Waals surface area contributed by atoms with Crippen molar-refractivity contribution in [3.8, 4) is 0 Å². The molecule has 0 heterocycles. The molecule has 0 fully saturated rings. The molecule has 0 radical (unpaired) electrons. The number of benzene rings is 1. The van der Waals surface area contributed by atoms with Gasteiger partial charge in [-0.3, -0.25) is 9.59 Å². The van der Waals surface area contributed by atoms with Gasteiger partial charge in [-0.15, -0.1) is 0 Å². The first-order chi connectivity index (χ1) is 7.61. The topological polar surface area (TPSA) is 67.4 Å². The summed E-state index contributed by atoms with van der Waals surface area (Å²) in [7, 11) is 1.33. The Bertz CT molecular complexity index is 391. The Morgan fingerprint density at radius 3 is 2.62 bits per heavy atom. The summed E-state index contributed by atoms with van der Waals surface area (Å²) >= 11 is 0. The van der Waals surface area contributed by atoms with Crippen LogP contribution in [0.3, 0.4) is 0 Å². The molecule has 0 saturated carbocycles. The van der Waals surface area contributed by atoms with E-state index in [1.807, 2.05) is 0 Å². The molecule has 0 aliphatic heterocycles. The molecule has 86 valence electrons. The number of hydrogen-bond acceptors (Lipinski definition) is 4. The third-order valence-electron chi connectivity index (χ3n) is 1.85. The van der Waals surface area contributed by atoms with Crippen LogP contribution in [0, 0.1) is 0 Å². The molecule has 1 amide bonds. The van der Waals surface area contributed by atoms with E-state index in [-0.39, 0.29) is 18.4 Å². The van der Waals surface area contributed by atoms with Crippen LogP contribution >= 0.6 is 0 Å². The van der Waals surface area contributed by atoms with Gasteiger partial charge in [-0.25, -0.2) is 0 Å². The van der Waals surface area contributed by atoms with Gasteiger partial charge in [-0.1, -0.05) is 6.07 Å². The number of carbonyl (C=O) groups is 2. The van der Waals surface area contributed by atoms with Gasteiger partial charge in [0.1, 0.15) is 6.54 Å². The zero-order valence-corrected chi connectivity index (χ0v) is 9.24. The minimum Gasteiger partial charge on any atom is -0.468 e. The summed E-state index contributed by atoms with van der Waals surface area (Å²) in [6.45, 7) is 1.54. The first-order valence-electron chi connectivity index (χ1n) is 4.80. The number of methoxy groups -OCH3 is 1. The van der Waals surface area contributed by atoms with E-state index in [1.165, 1.54) is 14.0 Å². The summed E-state index contributed by atoms with van der Waals surface area (Å²) in [5, 5.41) is 5.53. The maximum absolute atomic E-state index is 10.9. The minimum absolute atomic E-state index is 0.0972. The molecule has 0 unspecified atom stereocenters. The van der Waals surface area contributed by atoms with Crippen LogP contribution in [0.4, 0.5) is 11.4 Å². The molecule has 1 aromatic carbocycles. The lowest BCUT2D eigenvalue weighted by molar-refractivity contribution is -0.138. The van der Waals surface area contributed by atoms with Crippen LogP contribution < -0.4 is 10.6 Å². The molecule has 1 aromatic rings. The number of rotatable bonds is 4. The third-order valence-corrected chi connectivity index (χ3v) is 1.85. The molecule has 0 bridgehead atoms. The summed E-state index contributed by atoms with van der Waals surface area (Å²) in [6.07, 6.45) is 0. The van der Waals surface area contributed by atoms with Crippen LogP contribution in [0.15, 0.2) is 24.3 Å². The molecule has 0 saturated heterocycles. The Morgan fingerprint density at radius 2 is 2.00 bits per heavy atom. The van der Waals surface area contributed by atoms with Crippen molar-refractivity contribution in [1.82, 2.24) is 0 Å². The van der Waals surface area contributed by atoms with Crippen molar-refractivity contribution in [3.05, 3.63) is 24.3 Å². The lowest BCUT2D eigenvalue weighted by Gasteiger charge is -2.07. The quantitative estimate of drug-likeness (QED) is 0.752. The van der Waals surface area contributed by atoms with Gasteiger partial charge in [0.05, 0.1) is 7.11 Å². The van der Waals surface area contributed by atoms with Crippen LogP contribution in [0.25, 0.3) is 0 Å². The highest BCUT2D eigenvalue weighted by molar-refractivity contribution is 5.89. The molecule has 16 heavy (non-hydrogen) atoms. The SMILES string of the molecule is COC(=O)CNc1cccc(NC(C)=O)c1. The Kier molecular flexibility index (Phi) is 4.32. The second-order valence-electron chi connectivity index (χ2n) is 3.19. The van der Waals surface area contributed by atoms with Gasteiger partial charge in [0.15, 0.2) is 0 Å². The van der Waals surface area contributed by atoms with E-state index >= 15 is 0 Å². The summed E-state index contributed by atoms with van der Waals surface area (Å²) in [5.74, 6) is -0.477. The van der Waals surface area contributed by atoms with Crippen molar-refractivity contribution in [2.45, 2.75) is 6.92 Å². The maximum Gasteiger partial charge on any atom is 0.325 e. The molecule has 0 aliphatic carbocycles. The first kappa shape index (κ1) is 12.0. The van der Waals surface area contributed by atoms with Crippen LogP contribution in [-0.2, 0) is 14.3 Å². The van der Waals surface area contributed by atoms with E-state index in [1.54, 1.807) is 24.3 Å². The molecular weight excluding hydrogens is 208 g/mol. The maximum atomic E-state index is 10.9. The van der Waals surface area contributed by atoms with E-state index < -0.39 is 0 Å². The van der Waals surface area contributed by atoms with Crippen LogP contribution in [0.5, 0.6) is 0 Å². The molecule has 1 rings (SSSR count).